The Morgan fingerprint density at radius 2 is 1.94 bits per heavy atom. The van der Waals surface area contributed by atoms with Crippen molar-refractivity contribution >= 4 is 16.9 Å². The Bertz CT molecular complexity index is 307. The Labute approximate surface area is 115 Å². The van der Waals surface area contributed by atoms with Gasteiger partial charge in [-0.25, -0.2) is 0 Å². The standard InChI is InChI=1S/C14H26N2OS/c1-4-14(5-2)10-15-12(18-11-14)16-13(3)6-8-17-9-7-13/h4-11H2,1-3H3,(H,15,16). The summed E-state index contributed by atoms with van der Waals surface area (Å²) in [6.07, 6.45) is 4.63. The monoisotopic (exact) mass is 270 g/mol. The summed E-state index contributed by atoms with van der Waals surface area (Å²) in [5, 5.41) is 4.80. The zero-order valence-electron chi connectivity index (χ0n) is 11.9. The highest BCUT2D eigenvalue weighted by Gasteiger charge is 2.33. The molecule has 0 aromatic rings. The summed E-state index contributed by atoms with van der Waals surface area (Å²) >= 11 is 1.91. The molecule has 2 heterocycles. The van der Waals surface area contributed by atoms with Crippen LogP contribution in [0.2, 0.25) is 0 Å². The Balaban J connectivity index is 1.93. The van der Waals surface area contributed by atoms with Crippen molar-refractivity contribution in [2.24, 2.45) is 10.4 Å². The van der Waals surface area contributed by atoms with Gasteiger partial charge in [-0.05, 0) is 38.0 Å². The van der Waals surface area contributed by atoms with Crippen LogP contribution in [0.4, 0.5) is 0 Å². The van der Waals surface area contributed by atoms with Crippen molar-refractivity contribution < 1.29 is 4.74 Å². The molecule has 1 fully saturated rings. The predicted molar refractivity (Wildman–Crippen MR) is 79.4 cm³/mol. The van der Waals surface area contributed by atoms with Gasteiger partial charge in [-0.2, -0.15) is 0 Å². The minimum Gasteiger partial charge on any atom is -0.381 e. The second kappa shape index (κ2) is 5.83. The molecule has 2 aliphatic rings. The number of ether oxygens (including phenoxy) is 1. The molecular weight excluding hydrogens is 244 g/mol. The first-order valence-electron chi connectivity index (χ1n) is 7.15. The van der Waals surface area contributed by atoms with Crippen LogP contribution < -0.4 is 5.32 Å². The molecule has 2 aliphatic heterocycles. The maximum atomic E-state index is 5.44. The Morgan fingerprint density at radius 3 is 2.44 bits per heavy atom. The Morgan fingerprint density at radius 1 is 1.28 bits per heavy atom. The van der Waals surface area contributed by atoms with E-state index in [-0.39, 0.29) is 5.54 Å². The molecule has 0 amide bonds. The van der Waals surface area contributed by atoms with E-state index in [1.165, 1.54) is 18.6 Å². The van der Waals surface area contributed by atoms with E-state index in [0.717, 1.165) is 37.8 Å². The number of nitrogens with zero attached hydrogens (tertiary/aromatic N) is 1. The van der Waals surface area contributed by atoms with Gasteiger partial charge in [0.2, 0.25) is 0 Å². The van der Waals surface area contributed by atoms with E-state index >= 15 is 0 Å². The van der Waals surface area contributed by atoms with Crippen LogP contribution in [0.5, 0.6) is 0 Å². The molecular formula is C14H26N2OS. The van der Waals surface area contributed by atoms with Gasteiger partial charge in [-0.1, -0.05) is 25.6 Å². The van der Waals surface area contributed by atoms with Crippen molar-refractivity contribution in [3.63, 3.8) is 0 Å². The lowest BCUT2D eigenvalue weighted by atomic mass is 9.84. The van der Waals surface area contributed by atoms with Crippen LogP contribution in [-0.2, 0) is 4.74 Å². The molecule has 0 unspecified atom stereocenters. The minimum atomic E-state index is 0.183. The lowest BCUT2D eigenvalue weighted by molar-refractivity contribution is 0.0527. The van der Waals surface area contributed by atoms with E-state index in [0.29, 0.717) is 5.41 Å². The van der Waals surface area contributed by atoms with Gasteiger partial charge in [0.05, 0.1) is 0 Å². The average Bonchev–Trinajstić information content (AvgIpc) is 2.40. The molecule has 4 heteroatoms. The zero-order valence-corrected chi connectivity index (χ0v) is 12.7. The number of hydrogen-bond donors (Lipinski definition) is 1. The van der Waals surface area contributed by atoms with Gasteiger partial charge in [-0.15, -0.1) is 0 Å². The third-order valence-electron chi connectivity index (χ3n) is 4.58. The molecule has 0 aromatic heterocycles. The zero-order chi connectivity index (χ0) is 13.1. The van der Waals surface area contributed by atoms with Crippen molar-refractivity contribution in [1.29, 1.82) is 0 Å². The summed E-state index contributed by atoms with van der Waals surface area (Å²) in [5.74, 6) is 1.21. The van der Waals surface area contributed by atoms with Crippen LogP contribution in [0.25, 0.3) is 0 Å². The van der Waals surface area contributed by atoms with Crippen molar-refractivity contribution in [3.8, 4) is 0 Å². The van der Waals surface area contributed by atoms with Crippen LogP contribution in [0, 0.1) is 5.41 Å². The van der Waals surface area contributed by atoms with Crippen molar-refractivity contribution in [2.75, 3.05) is 25.5 Å². The Hall–Kier alpha value is -0.220. The minimum absolute atomic E-state index is 0.183. The quantitative estimate of drug-likeness (QED) is 0.856. The molecule has 2 rings (SSSR count). The maximum Gasteiger partial charge on any atom is 0.157 e. The number of hydrogen-bond acceptors (Lipinski definition) is 4. The first-order valence-corrected chi connectivity index (χ1v) is 8.13. The van der Waals surface area contributed by atoms with Gasteiger partial charge in [0.25, 0.3) is 0 Å². The second-order valence-corrected chi connectivity index (χ2v) is 6.88. The van der Waals surface area contributed by atoms with Crippen molar-refractivity contribution in [1.82, 2.24) is 5.32 Å². The summed E-state index contributed by atoms with van der Waals surface area (Å²) in [5.41, 5.74) is 0.620. The van der Waals surface area contributed by atoms with Gasteiger partial charge < -0.3 is 10.1 Å². The summed E-state index contributed by atoms with van der Waals surface area (Å²) in [6.45, 7) is 9.60. The summed E-state index contributed by atoms with van der Waals surface area (Å²) < 4.78 is 5.44. The second-order valence-electron chi connectivity index (χ2n) is 5.92. The first kappa shape index (κ1) is 14.2. The van der Waals surface area contributed by atoms with Gasteiger partial charge in [0.15, 0.2) is 5.17 Å². The molecule has 0 radical (unpaired) electrons. The van der Waals surface area contributed by atoms with Gasteiger partial charge >= 0.3 is 0 Å². The van der Waals surface area contributed by atoms with Crippen molar-refractivity contribution in [3.05, 3.63) is 0 Å². The molecule has 1 saturated heterocycles. The third-order valence-corrected chi connectivity index (χ3v) is 5.84. The van der Waals surface area contributed by atoms with Crippen LogP contribution in [0.3, 0.4) is 0 Å². The highest BCUT2D eigenvalue weighted by Crippen LogP contribution is 2.35. The number of rotatable bonds is 3. The first-order chi connectivity index (χ1) is 8.61. The van der Waals surface area contributed by atoms with E-state index in [1.807, 2.05) is 11.8 Å². The highest BCUT2D eigenvalue weighted by molar-refractivity contribution is 8.13. The third kappa shape index (κ3) is 3.21. The maximum absolute atomic E-state index is 5.44. The molecule has 1 N–H and O–H groups in total. The molecule has 0 aliphatic carbocycles. The van der Waals surface area contributed by atoms with E-state index in [9.17, 15) is 0 Å². The topological polar surface area (TPSA) is 33.6 Å². The lowest BCUT2D eigenvalue weighted by Gasteiger charge is -2.39. The van der Waals surface area contributed by atoms with Crippen LogP contribution in [0.1, 0.15) is 46.5 Å². The lowest BCUT2D eigenvalue weighted by Crippen LogP contribution is -2.50. The molecule has 0 bridgehead atoms. The molecule has 0 saturated carbocycles. The fourth-order valence-corrected chi connectivity index (χ4v) is 3.93. The SMILES string of the molecule is CCC1(CC)CN=C(NC2(C)CCOCC2)SC1. The number of aliphatic imine (C=N–C) groups is 1. The van der Waals surface area contributed by atoms with E-state index in [4.69, 9.17) is 9.73 Å². The Kier molecular flexibility index (Phi) is 4.59. The smallest absolute Gasteiger partial charge is 0.157 e. The van der Waals surface area contributed by atoms with Crippen LogP contribution in [-0.4, -0.2) is 36.2 Å². The summed E-state index contributed by atoms with van der Waals surface area (Å²) in [6, 6.07) is 0. The van der Waals surface area contributed by atoms with Gasteiger partial charge in [0.1, 0.15) is 0 Å². The van der Waals surface area contributed by atoms with Crippen LogP contribution >= 0.6 is 11.8 Å². The fraction of sp³-hybridized carbons (Fsp3) is 0.929. The summed E-state index contributed by atoms with van der Waals surface area (Å²) in [4.78, 5) is 4.79. The number of amidine groups is 1. The van der Waals surface area contributed by atoms with E-state index in [2.05, 4.69) is 26.1 Å². The molecule has 3 nitrogen and oxygen atoms in total. The molecule has 0 spiro atoms. The number of thioether (sulfide) groups is 1. The molecule has 18 heavy (non-hydrogen) atoms. The van der Waals surface area contributed by atoms with Crippen molar-refractivity contribution in [2.45, 2.75) is 52.0 Å². The molecule has 104 valence electrons. The van der Waals surface area contributed by atoms with Gasteiger partial charge in [-0.3, -0.25) is 4.99 Å². The summed E-state index contributed by atoms with van der Waals surface area (Å²) in [7, 11) is 0. The average molecular weight is 270 g/mol. The van der Waals surface area contributed by atoms with E-state index in [1.54, 1.807) is 0 Å². The molecule has 0 aromatic carbocycles. The van der Waals surface area contributed by atoms with Gasteiger partial charge in [0, 0.05) is 31.1 Å². The fourth-order valence-electron chi connectivity index (χ4n) is 2.51. The largest absolute Gasteiger partial charge is 0.381 e. The molecule has 0 atom stereocenters. The van der Waals surface area contributed by atoms with E-state index < -0.39 is 0 Å². The van der Waals surface area contributed by atoms with Crippen LogP contribution in [0.15, 0.2) is 4.99 Å². The number of nitrogens with one attached hydrogen (secondary N) is 1. The normalized spacial score (nSPS) is 26.5. The highest BCUT2D eigenvalue weighted by atomic mass is 32.2. The predicted octanol–water partition coefficient (Wildman–Crippen LogP) is 3.05.